The minimum absolute atomic E-state index is 0.242. The second kappa shape index (κ2) is 19.8. The summed E-state index contributed by atoms with van der Waals surface area (Å²) in [5, 5.41) is 0. The van der Waals surface area contributed by atoms with E-state index in [2.05, 4.69) is 38.1 Å². The van der Waals surface area contributed by atoms with Crippen molar-refractivity contribution in [2.75, 3.05) is 24.7 Å². The van der Waals surface area contributed by atoms with Crippen LogP contribution in [0.25, 0.3) is 0 Å². The fourth-order valence-corrected chi connectivity index (χ4v) is 6.78. The predicted octanol–water partition coefficient (Wildman–Crippen LogP) is 10.1. The van der Waals surface area contributed by atoms with E-state index in [-0.39, 0.29) is 30.6 Å². The molecule has 0 fully saturated rings. The molecule has 0 aliphatic carbocycles. The molecule has 0 aliphatic rings. The van der Waals surface area contributed by atoms with Crippen molar-refractivity contribution in [2.45, 2.75) is 69.0 Å². The van der Waals surface area contributed by atoms with Gasteiger partial charge in [-0.3, -0.25) is 0 Å². The zero-order chi connectivity index (χ0) is 36.6. The minimum atomic E-state index is -0.419. The topological polar surface area (TPSA) is 71.1 Å². The number of thioether (sulfide) groups is 2. The van der Waals surface area contributed by atoms with Gasteiger partial charge in [-0.15, -0.1) is 23.5 Å². The van der Waals surface area contributed by atoms with E-state index >= 15 is 0 Å². The molecule has 0 N–H and O–H groups in total. The number of ether oxygens (including phenoxy) is 4. The monoisotopic (exact) mass is 724 g/mol. The van der Waals surface area contributed by atoms with Gasteiger partial charge in [0.05, 0.1) is 0 Å². The fourth-order valence-electron chi connectivity index (χ4n) is 4.99. The standard InChI is InChI=1S/C43H48O6S2/c1-31(2)25-41(44)48-37(29-50-39-13-9-7-10-14-39)27-46-35-21-17-33(18-22-35)43(5,6)34-19-23-36(24-20-34)47-28-38(49-42(45)26-32(3)4)30-51-40-15-11-8-12-16-40/h7-26,37-38H,27-30H2,1-6H3. The average molecular weight is 725 g/mol. The molecule has 4 aromatic carbocycles. The van der Waals surface area contributed by atoms with Gasteiger partial charge in [0.25, 0.3) is 0 Å². The Morgan fingerprint density at radius 2 is 0.922 bits per heavy atom. The number of carbonyl (C=O) groups excluding carboxylic acids is 2. The van der Waals surface area contributed by atoms with Crippen molar-refractivity contribution in [2.24, 2.45) is 0 Å². The second-order valence-corrected chi connectivity index (χ2v) is 15.3. The minimum Gasteiger partial charge on any atom is -0.490 e. The van der Waals surface area contributed by atoms with Crippen LogP contribution in [0.5, 0.6) is 11.5 Å². The highest BCUT2D eigenvalue weighted by molar-refractivity contribution is 7.99. The van der Waals surface area contributed by atoms with Crippen LogP contribution in [0.15, 0.2) is 142 Å². The SMILES string of the molecule is CC(C)=CC(=O)OC(COc1ccc(C(C)(C)c2ccc(OCC(CSc3ccccc3)OC(=O)C=C(C)C)cc2)cc1)CSc1ccccc1. The smallest absolute Gasteiger partial charge is 0.331 e. The maximum Gasteiger partial charge on any atom is 0.331 e. The van der Waals surface area contributed by atoms with E-state index in [9.17, 15) is 9.59 Å². The lowest BCUT2D eigenvalue weighted by Gasteiger charge is -2.27. The van der Waals surface area contributed by atoms with Gasteiger partial charge in [-0.2, -0.15) is 0 Å². The van der Waals surface area contributed by atoms with Crippen LogP contribution in [0.3, 0.4) is 0 Å². The molecule has 4 aromatic rings. The lowest BCUT2D eigenvalue weighted by atomic mass is 9.78. The van der Waals surface area contributed by atoms with Gasteiger partial charge in [-0.1, -0.05) is 85.7 Å². The Kier molecular flexibility index (Phi) is 15.3. The van der Waals surface area contributed by atoms with E-state index in [0.717, 1.165) is 32.1 Å². The number of esters is 2. The average Bonchev–Trinajstić information content (AvgIpc) is 3.11. The molecule has 0 aliphatic heterocycles. The number of carbonyl (C=O) groups is 2. The Bertz CT molecular complexity index is 1600. The number of hydrogen-bond acceptors (Lipinski definition) is 8. The molecule has 268 valence electrons. The molecule has 2 unspecified atom stereocenters. The lowest BCUT2D eigenvalue weighted by molar-refractivity contribution is -0.144. The maximum atomic E-state index is 12.4. The molecule has 0 radical (unpaired) electrons. The molecule has 8 heteroatoms. The third kappa shape index (κ3) is 13.7. The molecule has 6 nitrogen and oxygen atoms in total. The molecule has 0 amide bonds. The van der Waals surface area contributed by atoms with E-state index in [1.54, 1.807) is 23.5 Å². The summed E-state index contributed by atoms with van der Waals surface area (Å²) in [6.07, 6.45) is 2.17. The number of benzene rings is 4. The predicted molar refractivity (Wildman–Crippen MR) is 209 cm³/mol. The molecule has 51 heavy (non-hydrogen) atoms. The third-order valence-electron chi connectivity index (χ3n) is 7.76. The van der Waals surface area contributed by atoms with Gasteiger partial charge < -0.3 is 18.9 Å². The molecule has 4 rings (SSSR count). The van der Waals surface area contributed by atoms with Gasteiger partial charge in [-0.25, -0.2) is 9.59 Å². The first kappa shape index (κ1) is 39.4. The first-order valence-electron chi connectivity index (χ1n) is 17.0. The van der Waals surface area contributed by atoms with Crippen LogP contribution in [0.4, 0.5) is 0 Å². The first-order chi connectivity index (χ1) is 24.5. The summed E-state index contributed by atoms with van der Waals surface area (Å²) in [5.74, 6) is 1.83. The van der Waals surface area contributed by atoms with Crippen molar-refractivity contribution >= 4 is 35.5 Å². The number of hydrogen-bond donors (Lipinski definition) is 0. The zero-order valence-corrected chi connectivity index (χ0v) is 31.9. The highest BCUT2D eigenvalue weighted by Gasteiger charge is 2.24. The second-order valence-electron chi connectivity index (χ2n) is 13.1. The first-order valence-corrected chi connectivity index (χ1v) is 19.0. The lowest BCUT2D eigenvalue weighted by Crippen LogP contribution is -2.27. The third-order valence-corrected chi connectivity index (χ3v) is 10.0. The fraction of sp³-hybridized carbons (Fsp3) is 0.302. The molecule has 0 spiro atoms. The van der Waals surface area contributed by atoms with Crippen molar-refractivity contribution in [1.82, 2.24) is 0 Å². The largest absolute Gasteiger partial charge is 0.490 e. The zero-order valence-electron chi connectivity index (χ0n) is 30.3. The van der Waals surface area contributed by atoms with Crippen molar-refractivity contribution in [1.29, 1.82) is 0 Å². The van der Waals surface area contributed by atoms with Gasteiger partial charge in [0.1, 0.15) is 36.9 Å². The molecule has 0 aromatic heterocycles. The van der Waals surface area contributed by atoms with Crippen LogP contribution in [0.2, 0.25) is 0 Å². The normalized spacial score (nSPS) is 12.2. The van der Waals surface area contributed by atoms with E-state index in [0.29, 0.717) is 23.0 Å². The Morgan fingerprint density at radius 3 is 1.25 bits per heavy atom. The van der Waals surface area contributed by atoms with Crippen molar-refractivity contribution in [3.8, 4) is 11.5 Å². The quantitative estimate of drug-likeness (QED) is 0.0571. The highest BCUT2D eigenvalue weighted by atomic mass is 32.2. The van der Waals surface area contributed by atoms with Crippen molar-refractivity contribution in [3.05, 3.63) is 144 Å². The Morgan fingerprint density at radius 1 is 0.569 bits per heavy atom. The summed E-state index contributed by atoms with van der Waals surface area (Å²) in [5.41, 5.74) is 3.73. The van der Waals surface area contributed by atoms with E-state index in [1.165, 1.54) is 12.2 Å². The van der Waals surface area contributed by atoms with Gasteiger partial charge >= 0.3 is 11.9 Å². The molecule has 0 saturated heterocycles. The van der Waals surface area contributed by atoms with Crippen molar-refractivity contribution in [3.63, 3.8) is 0 Å². The van der Waals surface area contributed by atoms with Gasteiger partial charge in [0.15, 0.2) is 0 Å². The Labute approximate surface area is 311 Å². The van der Waals surface area contributed by atoms with Crippen molar-refractivity contribution < 1.29 is 28.5 Å². The van der Waals surface area contributed by atoms with E-state index < -0.39 is 12.2 Å². The summed E-state index contributed by atoms with van der Waals surface area (Å²) in [6.45, 7) is 12.3. The Balaban J connectivity index is 1.35. The van der Waals surface area contributed by atoms with Crippen LogP contribution >= 0.6 is 23.5 Å². The molecule has 2 atom stereocenters. The Hall–Kier alpha value is -4.40. The van der Waals surface area contributed by atoms with Gasteiger partial charge in [-0.05, 0) is 87.4 Å². The van der Waals surface area contributed by atoms with Crippen LogP contribution in [-0.2, 0) is 24.5 Å². The van der Waals surface area contributed by atoms with Gasteiger partial charge in [0.2, 0.25) is 0 Å². The van der Waals surface area contributed by atoms with Crippen LogP contribution < -0.4 is 9.47 Å². The number of allylic oxidation sites excluding steroid dienone is 2. The molecule has 0 bridgehead atoms. The van der Waals surface area contributed by atoms with Crippen LogP contribution in [0.1, 0.15) is 52.7 Å². The molecule has 0 heterocycles. The van der Waals surface area contributed by atoms with Crippen LogP contribution in [-0.4, -0.2) is 48.9 Å². The highest BCUT2D eigenvalue weighted by Crippen LogP contribution is 2.33. The maximum absolute atomic E-state index is 12.4. The molecule has 0 saturated carbocycles. The summed E-state index contributed by atoms with van der Waals surface area (Å²) in [6, 6.07) is 36.2. The van der Waals surface area contributed by atoms with Gasteiger partial charge in [0, 0.05) is 38.9 Å². The molecular weight excluding hydrogens is 677 g/mol. The van der Waals surface area contributed by atoms with E-state index in [4.69, 9.17) is 18.9 Å². The molecular formula is C43H48O6S2. The summed E-state index contributed by atoms with van der Waals surface area (Å²) in [4.78, 5) is 27.0. The summed E-state index contributed by atoms with van der Waals surface area (Å²) in [7, 11) is 0. The van der Waals surface area contributed by atoms with Crippen LogP contribution in [0, 0.1) is 0 Å². The summed E-state index contributed by atoms with van der Waals surface area (Å²) >= 11 is 3.26. The van der Waals surface area contributed by atoms with E-state index in [1.807, 2.05) is 113 Å². The number of rotatable bonds is 18. The summed E-state index contributed by atoms with van der Waals surface area (Å²) < 4.78 is 23.7.